The monoisotopic (exact) mass is 479 g/mol. The SMILES string of the molecule is Cn1c(-c2cc(N3CCN(c4ccc(C(C)(C)O)cn4)CC3)c(F)cc2Cl)nc2ccccc21. The standard InChI is InChI=1S/C26H27ClFN5O/c1-26(2,34)17-8-9-24(29-16-17)33-12-10-32(11-13-33)23-14-18(19(27)15-20(23)28)25-30-21-6-4-5-7-22(21)31(25)3/h4-9,14-16,34H,10-13H2,1-3H3. The molecule has 0 saturated carbocycles. The smallest absolute Gasteiger partial charge is 0.148 e. The molecule has 0 aliphatic carbocycles. The van der Waals surface area contributed by atoms with Crippen molar-refractivity contribution in [1.82, 2.24) is 14.5 Å². The van der Waals surface area contributed by atoms with Gasteiger partial charge in [-0.1, -0.05) is 29.8 Å². The number of fused-ring (bicyclic) bond motifs is 1. The van der Waals surface area contributed by atoms with Gasteiger partial charge in [0.25, 0.3) is 0 Å². The molecule has 6 nitrogen and oxygen atoms in total. The number of aryl methyl sites for hydroxylation is 1. The summed E-state index contributed by atoms with van der Waals surface area (Å²) in [6.45, 7) is 6.19. The van der Waals surface area contributed by atoms with Crippen molar-refractivity contribution in [3.63, 3.8) is 0 Å². The molecule has 0 bridgehead atoms. The summed E-state index contributed by atoms with van der Waals surface area (Å²) in [7, 11) is 1.94. The highest BCUT2D eigenvalue weighted by Crippen LogP contribution is 2.35. The molecule has 2 aromatic heterocycles. The summed E-state index contributed by atoms with van der Waals surface area (Å²) >= 11 is 6.48. The van der Waals surface area contributed by atoms with Crippen molar-refractivity contribution in [2.24, 2.45) is 7.05 Å². The van der Waals surface area contributed by atoms with E-state index in [0.717, 1.165) is 22.4 Å². The molecule has 3 heterocycles. The average molecular weight is 480 g/mol. The van der Waals surface area contributed by atoms with Gasteiger partial charge < -0.3 is 19.5 Å². The van der Waals surface area contributed by atoms with Crippen molar-refractivity contribution in [3.8, 4) is 11.4 Å². The summed E-state index contributed by atoms with van der Waals surface area (Å²) in [5, 5.41) is 10.5. The second-order valence-corrected chi connectivity index (χ2v) is 9.61. The fraction of sp³-hybridized carbons (Fsp3) is 0.308. The van der Waals surface area contributed by atoms with E-state index in [1.165, 1.54) is 6.07 Å². The van der Waals surface area contributed by atoms with Gasteiger partial charge in [0, 0.05) is 50.6 Å². The molecule has 1 fully saturated rings. The lowest BCUT2D eigenvalue weighted by Crippen LogP contribution is -2.47. The third-order valence-corrected chi connectivity index (χ3v) is 6.78. The molecule has 1 aliphatic rings. The number of halogens is 2. The van der Waals surface area contributed by atoms with E-state index in [9.17, 15) is 5.11 Å². The summed E-state index contributed by atoms with van der Waals surface area (Å²) in [5.41, 5.74) is 2.95. The number of aromatic nitrogens is 3. The first-order valence-corrected chi connectivity index (χ1v) is 11.7. The van der Waals surface area contributed by atoms with E-state index in [1.807, 2.05) is 59.0 Å². The minimum atomic E-state index is -0.924. The lowest BCUT2D eigenvalue weighted by atomic mass is 10.0. The Hall–Kier alpha value is -3.16. The molecule has 2 aromatic carbocycles. The van der Waals surface area contributed by atoms with Crippen molar-refractivity contribution >= 4 is 34.1 Å². The van der Waals surface area contributed by atoms with Gasteiger partial charge in [0.15, 0.2) is 0 Å². The third kappa shape index (κ3) is 4.10. The maximum atomic E-state index is 15.0. The maximum Gasteiger partial charge on any atom is 0.148 e. The number of imidazole rings is 1. The topological polar surface area (TPSA) is 57.4 Å². The molecular weight excluding hydrogens is 453 g/mol. The lowest BCUT2D eigenvalue weighted by molar-refractivity contribution is 0.0782. The molecule has 8 heteroatoms. The van der Waals surface area contributed by atoms with E-state index in [0.29, 0.717) is 48.3 Å². The van der Waals surface area contributed by atoms with Crippen molar-refractivity contribution in [2.75, 3.05) is 36.0 Å². The Morgan fingerprint density at radius 3 is 2.35 bits per heavy atom. The Balaban J connectivity index is 1.38. The summed E-state index contributed by atoms with van der Waals surface area (Å²) in [4.78, 5) is 13.5. The first-order chi connectivity index (χ1) is 16.2. The van der Waals surface area contributed by atoms with Crippen molar-refractivity contribution in [2.45, 2.75) is 19.4 Å². The van der Waals surface area contributed by atoms with Crippen LogP contribution in [0.15, 0.2) is 54.7 Å². The Bertz CT molecular complexity index is 1340. The Morgan fingerprint density at radius 2 is 1.71 bits per heavy atom. The summed E-state index contributed by atoms with van der Waals surface area (Å²) in [6.07, 6.45) is 1.71. The van der Waals surface area contributed by atoms with Crippen LogP contribution in [0.2, 0.25) is 5.02 Å². The molecule has 0 atom stereocenters. The Labute approximate surface area is 203 Å². The highest BCUT2D eigenvalue weighted by Gasteiger charge is 2.24. The number of rotatable bonds is 4. The lowest BCUT2D eigenvalue weighted by Gasteiger charge is -2.37. The Morgan fingerprint density at radius 1 is 1.00 bits per heavy atom. The molecule has 176 valence electrons. The summed E-state index contributed by atoms with van der Waals surface area (Å²) in [6, 6.07) is 14.9. The quantitative estimate of drug-likeness (QED) is 0.447. The normalized spacial score (nSPS) is 14.8. The molecule has 5 rings (SSSR count). The van der Waals surface area contributed by atoms with Gasteiger partial charge in [0.05, 0.1) is 27.3 Å². The van der Waals surface area contributed by atoms with Crippen molar-refractivity contribution < 1.29 is 9.50 Å². The fourth-order valence-electron chi connectivity index (χ4n) is 4.45. The highest BCUT2D eigenvalue weighted by atomic mass is 35.5. The fourth-order valence-corrected chi connectivity index (χ4v) is 4.68. The number of nitrogens with zero attached hydrogens (tertiary/aromatic N) is 5. The van der Waals surface area contributed by atoms with Crippen molar-refractivity contribution in [1.29, 1.82) is 0 Å². The molecule has 34 heavy (non-hydrogen) atoms. The third-order valence-electron chi connectivity index (χ3n) is 6.46. The number of anilines is 2. The zero-order chi connectivity index (χ0) is 24.0. The molecule has 0 amide bonds. The minimum Gasteiger partial charge on any atom is -0.386 e. The Kier molecular flexibility index (Phi) is 5.70. The van der Waals surface area contributed by atoms with Gasteiger partial charge in [0.1, 0.15) is 17.5 Å². The van der Waals surface area contributed by atoms with Gasteiger partial charge in [-0.25, -0.2) is 14.4 Å². The zero-order valence-corrected chi connectivity index (χ0v) is 20.2. The maximum absolute atomic E-state index is 15.0. The highest BCUT2D eigenvalue weighted by molar-refractivity contribution is 6.33. The van der Waals surface area contributed by atoms with Crippen LogP contribution in [0.25, 0.3) is 22.4 Å². The second-order valence-electron chi connectivity index (χ2n) is 9.20. The predicted molar refractivity (Wildman–Crippen MR) is 135 cm³/mol. The zero-order valence-electron chi connectivity index (χ0n) is 19.5. The largest absolute Gasteiger partial charge is 0.386 e. The van der Waals surface area contributed by atoms with Crippen LogP contribution in [0.3, 0.4) is 0 Å². The van der Waals surface area contributed by atoms with E-state index in [1.54, 1.807) is 20.0 Å². The first-order valence-electron chi connectivity index (χ1n) is 11.3. The van der Waals surface area contributed by atoms with E-state index in [2.05, 4.69) is 9.88 Å². The first kappa shape index (κ1) is 22.6. The van der Waals surface area contributed by atoms with Gasteiger partial charge in [-0.3, -0.25) is 0 Å². The van der Waals surface area contributed by atoms with Gasteiger partial charge in [-0.15, -0.1) is 0 Å². The second kappa shape index (κ2) is 8.56. The minimum absolute atomic E-state index is 0.339. The van der Waals surface area contributed by atoms with Crippen LogP contribution in [0, 0.1) is 5.82 Å². The van der Waals surface area contributed by atoms with E-state index in [4.69, 9.17) is 16.6 Å². The number of para-hydroxylation sites is 2. The number of hydrogen-bond donors (Lipinski definition) is 1. The van der Waals surface area contributed by atoms with Crippen LogP contribution in [0.4, 0.5) is 15.9 Å². The van der Waals surface area contributed by atoms with Gasteiger partial charge in [-0.05, 0) is 44.2 Å². The van der Waals surface area contributed by atoms with E-state index in [-0.39, 0.29) is 5.82 Å². The molecular formula is C26H27ClFN5O. The van der Waals surface area contributed by atoms with Crippen LogP contribution in [0.1, 0.15) is 19.4 Å². The van der Waals surface area contributed by atoms with Crippen LogP contribution in [-0.4, -0.2) is 45.8 Å². The van der Waals surface area contributed by atoms with Crippen molar-refractivity contribution in [3.05, 3.63) is 71.1 Å². The molecule has 0 unspecified atom stereocenters. The van der Waals surface area contributed by atoms with Crippen LogP contribution in [0.5, 0.6) is 0 Å². The number of benzene rings is 2. The van der Waals surface area contributed by atoms with Gasteiger partial charge >= 0.3 is 0 Å². The predicted octanol–water partition coefficient (Wildman–Crippen LogP) is 4.98. The molecule has 0 spiro atoms. The molecule has 4 aromatic rings. The van der Waals surface area contributed by atoms with Crippen LogP contribution >= 0.6 is 11.6 Å². The average Bonchev–Trinajstić information content (AvgIpc) is 3.15. The summed E-state index contributed by atoms with van der Waals surface area (Å²) in [5.74, 6) is 1.22. The molecule has 1 N–H and O–H groups in total. The van der Waals surface area contributed by atoms with Gasteiger partial charge in [-0.2, -0.15) is 0 Å². The van der Waals surface area contributed by atoms with Crippen LogP contribution < -0.4 is 9.80 Å². The summed E-state index contributed by atoms with van der Waals surface area (Å²) < 4.78 is 17.0. The molecule has 1 aliphatic heterocycles. The van der Waals surface area contributed by atoms with E-state index >= 15 is 4.39 Å². The molecule has 0 radical (unpaired) electrons. The van der Waals surface area contributed by atoms with E-state index < -0.39 is 5.60 Å². The number of hydrogen-bond acceptors (Lipinski definition) is 5. The number of aliphatic hydroxyl groups is 1. The molecule has 1 saturated heterocycles. The van der Waals surface area contributed by atoms with Gasteiger partial charge in [0.2, 0.25) is 0 Å². The number of pyridine rings is 1. The number of piperazine rings is 1. The van der Waals surface area contributed by atoms with Crippen LogP contribution in [-0.2, 0) is 12.6 Å².